The normalized spacial score (nSPS) is 17.7. The maximum absolute atomic E-state index is 13.8. The van der Waals surface area contributed by atoms with Crippen LogP contribution in [0.25, 0.3) is 16.0 Å². The van der Waals surface area contributed by atoms with Crippen molar-refractivity contribution in [3.8, 4) is 17.2 Å². The van der Waals surface area contributed by atoms with Crippen molar-refractivity contribution in [1.29, 1.82) is 0 Å². The molecule has 0 radical (unpaired) electrons. The van der Waals surface area contributed by atoms with Crippen molar-refractivity contribution in [2.24, 2.45) is 0 Å². The van der Waals surface area contributed by atoms with E-state index in [1.807, 2.05) is 68.4 Å². The molecule has 10 nitrogen and oxygen atoms in total. The van der Waals surface area contributed by atoms with Crippen molar-refractivity contribution in [3.05, 3.63) is 118 Å². The number of aliphatic hydroxyl groups is 1. The van der Waals surface area contributed by atoms with Gasteiger partial charge in [0.1, 0.15) is 24.2 Å². The lowest BCUT2D eigenvalue weighted by Crippen LogP contribution is -2.29. The van der Waals surface area contributed by atoms with Crippen LogP contribution < -0.4 is 19.1 Å². The van der Waals surface area contributed by atoms with Crippen molar-refractivity contribution in [3.63, 3.8) is 0 Å². The summed E-state index contributed by atoms with van der Waals surface area (Å²) >= 11 is 1.32. The fourth-order valence-electron chi connectivity index (χ4n) is 5.90. The van der Waals surface area contributed by atoms with Gasteiger partial charge in [-0.3, -0.25) is 19.3 Å². The van der Waals surface area contributed by atoms with Crippen LogP contribution in [0.2, 0.25) is 0 Å². The number of aliphatic carboxylic acids is 1. The molecule has 0 spiro atoms. The Morgan fingerprint density at radius 2 is 1.76 bits per heavy atom. The number of Topliss-reactive ketones (excluding diaryl/α,β-unsaturated/α-hetero) is 1. The lowest BCUT2D eigenvalue weighted by atomic mass is 9.94. The van der Waals surface area contributed by atoms with Gasteiger partial charge < -0.3 is 24.4 Å². The summed E-state index contributed by atoms with van der Waals surface area (Å²) < 4.78 is 18.5. The van der Waals surface area contributed by atoms with Gasteiger partial charge in [0.05, 0.1) is 28.9 Å². The monoisotopic (exact) mass is 678 g/mol. The van der Waals surface area contributed by atoms with Crippen LogP contribution in [-0.2, 0) is 27.4 Å². The third kappa shape index (κ3) is 6.84. The number of nitrogens with zero attached hydrogens (tertiary/aromatic N) is 2. The molecule has 1 saturated heterocycles. The Labute approximate surface area is 286 Å². The quantitative estimate of drug-likeness (QED) is 0.104. The molecule has 2 aliphatic heterocycles. The summed E-state index contributed by atoms with van der Waals surface area (Å²) in [6.07, 6.45) is 0.696. The van der Waals surface area contributed by atoms with E-state index in [2.05, 4.69) is 0 Å². The minimum atomic E-state index is -0.966. The molecule has 0 bridgehead atoms. The lowest BCUT2D eigenvalue weighted by Gasteiger charge is -2.24. The van der Waals surface area contributed by atoms with Crippen molar-refractivity contribution < 1.29 is 38.8 Å². The Kier molecular flexibility index (Phi) is 9.37. The van der Waals surface area contributed by atoms with Gasteiger partial charge in [0.25, 0.3) is 11.8 Å². The Bertz CT molecular complexity index is 2100. The molecular formula is C38H34N2O8S. The number of hydrogen-bond donors (Lipinski definition) is 2. The number of aromatic nitrogens is 1. The summed E-state index contributed by atoms with van der Waals surface area (Å²) in [7, 11) is 1.54. The van der Waals surface area contributed by atoms with Gasteiger partial charge in [0, 0.05) is 18.9 Å². The number of rotatable bonds is 7. The van der Waals surface area contributed by atoms with E-state index < -0.39 is 23.7 Å². The van der Waals surface area contributed by atoms with E-state index in [4.69, 9.17) is 29.1 Å². The zero-order valence-electron chi connectivity index (χ0n) is 27.3. The first-order chi connectivity index (χ1) is 23.5. The van der Waals surface area contributed by atoms with E-state index in [0.717, 1.165) is 39.6 Å². The summed E-state index contributed by atoms with van der Waals surface area (Å²) in [6, 6.07) is 25.3. The molecule has 3 heterocycles. The first-order valence-corrected chi connectivity index (χ1v) is 16.4. The van der Waals surface area contributed by atoms with E-state index in [0.29, 0.717) is 40.8 Å². The van der Waals surface area contributed by atoms with Crippen LogP contribution in [0.5, 0.6) is 17.2 Å². The van der Waals surface area contributed by atoms with Gasteiger partial charge in [-0.2, -0.15) is 0 Å². The second-order valence-electron chi connectivity index (χ2n) is 11.8. The minimum absolute atomic E-state index is 0.0146. The number of amides is 1. The molecule has 1 amide bonds. The highest BCUT2D eigenvalue weighted by Crippen LogP contribution is 2.46. The molecule has 2 N–H and O–H groups in total. The maximum atomic E-state index is 13.8. The molecule has 4 aromatic carbocycles. The Balaban J connectivity index is 0.000000989. The average Bonchev–Trinajstić information content (AvgIpc) is 3.75. The second-order valence-corrected chi connectivity index (χ2v) is 12.8. The van der Waals surface area contributed by atoms with Crippen LogP contribution in [0.3, 0.4) is 0 Å². The molecule has 1 aromatic heterocycles. The third-order valence-corrected chi connectivity index (χ3v) is 9.11. The number of methoxy groups -OCH3 is 1. The maximum Gasteiger partial charge on any atom is 0.301 e. The number of benzene rings is 4. The summed E-state index contributed by atoms with van der Waals surface area (Å²) in [5.41, 5.74) is 4.68. The summed E-state index contributed by atoms with van der Waals surface area (Å²) in [5.74, 6) is -0.969. The largest absolute Gasteiger partial charge is 0.507 e. The number of carboxylic acid groups (broad SMARTS) is 1. The number of aliphatic hydroxyl groups excluding tert-OH is 1. The Morgan fingerprint density at radius 1 is 1.00 bits per heavy atom. The molecule has 49 heavy (non-hydrogen) atoms. The number of ketones is 1. The molecule has 1 fully saturated rings. The SMILES string of the molecule is CC(=O)O.COc1cc(C2/C(=C(\O)c3ccc4c(c3)CC(C)O4)C(=O)C(=O)N2c2nc3ccc(C)cc3s2)ccc1OCc1ccccc1. The zero-order valence-corrected chi connectivity index (χ0v) is 28.1. The fourth-order valence-corrected chi connectivity index (χ4v) is 6.99. The number of fused-ring (bicyclic) bond motifs is 2. The van der Waals surface area contributed by atoms with Gasteiger partial charge in [-0.25, -0.2) is 4.98 Å². The van der Waals surface area contributed by atoms with Crippen LogP contribution in [-0.4, -0.2) is 46.1 Å². The molecule has 0 saturated carbocycles. The number of ether oxygens (including phenoxy) is 3. The fraction of sp³-hybridized carbons (Fsp3) is 0.211. The van der Waals surface area contributed by atoms with Crippen LogP contribution in [0.4, 0.5) is 5.13 Å². The highest BCUT2D eigenvalue weighted by molar-refractivity contribution is 7.22. The summed E-state index contributed by atoms with van der Waals surface area (Å²) in [6.45, 7) is 5.38. The Morgan fingerprint density at radius 3 is 2.49 bits per heavy atom. The van der Waals surface area contributed by atoms with Gasteiger partial charge in [-0.1, -0.05) is 53.8 Å². The van der Waals surface area contributed by atoms with Gasteiger partial charge >= 0.3 is 5.91 Å². The van der Waals surface area contributed by atoms with Crippen LogP contribution in [0.15, 0.2) is 90.5 Å². The van der Waals surface area contributed by atoms with E-state index in [1.165, 1.54) is 23.3 Å². The predicted octanol–water partition coefficient (Wildman–Crippen LogP) is 7.23. The average molecular weight is 679 g/mol. The molecule has 2 unspecified atom stereocenters. The number of carbonyl (C=O) groups excluding carboxylic acids is 2. The van der Waals surface area contributed by atoms with Gasteiger partial charge in [-0.15, -0.1) is 0 Å². The highest BCUT2D eigenvalue weighted by Gasteiger charge is 2.48. The van der Waals surface area contributed by atoms with Crippen molar-refractivity contribution in [1.82, 2.24) is 4.98 Å². The molecule has 0 aliphatic carbocycles. The van der Waals surface area contributed by atoms with E-state index in [1.54, 1.807) is 30.3 Å². The molecule has 250 valence electrons. The third-order valence-electron chi connectivity index (χ3n) is 8.09. The topological polar surface area (TPSA) is 135 Å². The van der Waals surface area contributed by atoms with Gasteiger partial charge in [0.2, 0.25) is 0 Å². The number of anilines is 1. The number of aryl methyl sites for hydroxylation is 1. The molecule has 2 atom stereocenters. The number of carbonyl (C=O) groups is 3. The van der Waals surface area contributed by atoms with Crippen LogP contribution >= 0.6 is 11.3 Å². The van der Waals surface area contributed by atoms with Gasteiger partial charge in [0.15, 0.2) is 16.6 Å². The minimum Gasteiger partial charge on any atom is -0.507 e. The first kappa shape index (κ1) is 33.2. The molecule has 11 heteroatoms. The van der Waals surface area contributed by atoms with E-state index in [9.17, 15) is 14.7 Å². The van der Waals surface area contributed by atoms with E-state index in [-0.39, 0.29) is 17.4 Å². The molecular weight excluding hydrogens is 644 g/mol. The number of hydrogen-bond acceptors (Lipinski definition) is 9. The van der Waals surface area contributed by atoms with Crippen LogP contribution in [0.1, 0.15) is 47.7 Å². The smallest absolute Gasteiger partial charge is 0.301 e. The molecule has 2 aliphatic rings. The van der Waals surface area contributed by atoms with Crippen molar-refractivity contribution >= 4 is 50.1 Å². The number of thiazole rings is 1. The zero-order chi connectivity index (χ0) is 34.8. The predicted molar refractivity (Wildman–Crippen MR) is 186 cm³/mol. The highest BCUT2D eigenvalue weighted by atomic mass is 32.1. The second kappa shape index (κ2) is 13.8. The molecule has 5 aromatic rings. The summed E-state index contributed by atoms with van der Waals surface area (Å²) in [5, 5.41) is 19.5. The van der Waals surface area contributed by atoms with E-state index >= 15 is 0 Å². The van der Waals surface area contributed by atoms with Gasteiger partial charge in [-0.05, 0) is 78.6 Å². The van der Waals surface area contributed by atoms with Crippen LogP contribution in [0, 0.1) is 6.92 Å². The Hall–Kier alpha value is -5.68. The standard InChI is InChI=1S/C36H30N2O6S.C2H4O2/c1-20-9-12-26-30(15-20)45-36(37-26)38-32(23-10-14-28(29(18-23)42-3)43-19-22-7-5-4-6-8-22)31(34(40)35(38)41)33(39)24-11-13-27-25(17-24)16-21(2)44-27;1-2(3)4/h4-15,17-18,21,32,39H,16,19H2,1-3H3;1H3,(H,3,4)/b33-31+;. The van der Waals surface area contributed by atoms with Crippen molar-refractivity contribution in [2.45, 2.75) is 45.9 Å². The van der Waals surface area contributed by atoms with Crippen molar-refractivity contribution in [2.75, 3.05) is 12.0 Å². The molecule has 7 rings (SSSR count). The first-order valence-electron chi connectivity index (χ1n) is 15.6. The lowest BCUT2D eigenvalue weighted by molar-refractivity contribution is -0.134. The summed E-state index contributed by atoms with van der Waals surface area (Å²) in [4.78, 5) is 42.7. The number of carboxylic acids is 1.